The van der Waals surface area contributed by atoms with Crippen molar-refractivity contribution in [2.45, 2.75) is 18.4 Å². The zero-order chi connectivity index (χ0) is 27.9. The molecular weight excluding hydrogens is 520 g/mol. The van der Waals surface area contributed by atoms with Crippen molar-refractivity contribution in [1.29, 1.82) is 0 Å². The highest BCUT2D eigenvalue weighted by atomic mass is 32.2. The molecule has 2 aromatic heterocycles. The standard InChI is InChI=1S/C32H32N4O3S/c1-23-3-13-29(14-4-23)40(38,39)36-22-31(26-9-11-28(37)12-10-26)30-19-27(20-33-32(30)36)25-7-5-24(6-8-25)21-35-17-15-34(2)16-18-35/h3-14,19-20,22,37H,15-18,21H2,1-2H3. The highest BCUT2D eigenvalue weighted by Crippen LogP contribution is 2.35. The molecular formula is C32H32N4O3S. The van der Waals surface area contributed by atoms with Gasteiger partial charge in [-0.25, -0.2) is 17.4 Å². The number of fused-ring (bicyclic) bond motifs is 1. The van der Waals surface area contributed by atoms with Crippen molar-refractivity contribution in [2.24, 2.45) is 0 Å². The Kier molecular flexibility index (Phi) is 6.92. The minimum Gasteiger partial charge on any atom is -0.508 e. The van der Waals surface area contributed by atoms with Crippen molar-refractivity contribution >= 4 is 21.1 Å². The molecule has 0 spiro atoms. The monoisotopic (exact) mass is 552 g/mol. The van der Waals surface area contributed by atoms with Crippen LogP contribution >= 0.6 is 0 Å². The maximum absolute atomic E-state index is 13.7. The molecule has 0 atom stereocenters. The first-order valence-electron chi connectivity index (χ1n) is 13.4. The molecule has 40 heavy (non-hydrogen) atoms. The molecule has 8 heteroatoms. The van der Waals surface area contributed by atoms with Gasteiger partial charge in [-0.3, -0.25) is 4.90 Å². The third-order valence-corrected chi connectivity index (χ3v) is 9.32. The Morgan fingerprint density at radius 3 is 2.15 bits per heavy atom. The number of hydrogen-bond acceptors (Lipinski definition) is 6. The van der Waals surface area contributed by atoms with Crippen LogP contribution in [0.15, 0.2) is 96.2 Å². The summed E-state index contributed by atoms with van der Waals surface area (Å²) in [7, 11) is -1.72. The van der Waals surface area contributed by atoms with Gasteiger partial charge in [0.2, 0.25) is 0 Å². The average molecular weight is 553 g/mol. The summed E-state index contributed by atoms with van der Waals surface area (Å²) in [4.78, 5) is 9.71. The van der Waals surface area contributed by atoms with Gasteiger partial charge in [0, 0.05) is 61.6 Å². The van der Waals surface area contributed by atoms with Gasteiger partial charge < -0.3 is 10.0 Å². The largest absolute Gasteiger partial charge is 0.508 e. The molecule has 0 unspecified atom stereocenters. The van der Waals surface area contributed by atoms with Crippen LogP contribution in [0.3, 0.4) is 0 Å². The van der Waals surface area contributed by atoms with E-state index >= 15 is 0 Å². The fraction of sp³-hybridized carbons (Fsp3) is 0.219. The molecule has 1 aliphatic heterocycles. The first-order chi connectivity index (χ1) is 19.3. The Labute approximate surface area is 235 Å². The van der Waals surface area contributed by atoms with Gasteiger partial charge in [0.05, 0.1) is 4.90 Å². The number of piperazine rings is 1. The quantitative estimate of drug-likeness (QED) is 0.305. The summed E-state index contributed by atoms with van der Waals surface area (Å²) in [5.74, 6) is 0.148. The summed E-state index contributed by atoms with van der Waals surface area (Å²) in [6.45, 7) is 7.17. The first kappa shape index (κ1) is 26.3. The van der Waals surface area contributed by atoms with Crippen molar-refractivity contribution in [1.82, 2.24) is 18.8 Å². The summed E-state index contributed by atoms with van der Waals surface area (Å²) in [5, 5.41) is 10.6. The summed E-state index contributed by atoms with van der Waals surface area (Å²) in [6, 6.07) is 24.1. The van der Waals surface area contributed by atoms with Crippen LogP contribution in [0.4, 0.5) is 0 Å². The fourth-order valence-corrected chi connectivity index (χ4v) is 6.51. The van der Waals surface area contributed by atoms with E-state index in [-0.39, 0.29) is 10.6 Å². The predicted molar refractivity (Wildman–Crippen MR) is 159 cm³/mol. The second-order valence-corrected chi connectivity index (χ2v) is 12.4. The van der Waals surface area contributed by atoms with E-state index in [9.17, 15) is 13.5 Å². The van der Waals surface area contributed by atoms with Gasteiger partial charge in [0.25, 0.3) is 10.0 Å². The van der Waals surface area contributed by atoms with Crippen molar-refractivity contribution in [3.63, 3.8) is 0 Å². The molecule has 3 heterocycles. The molecule has 7 nitrogen and oxygen atoms in total. The van der Waals surface area contributed by atoms with Crippen LogP contribution in [0.2, 0.25) is 0 Å². The third-order valence-electron chi connectivity index (χ3n) is 7.66. The van der Waals surface area contributed by atoms with E-state index < -0.39 is 10.0 Å². The highest BCUT2D eigenvalue weighted by molar-refractivity contribution is 7.90. The van der Waals surface area contributed by atoms with Gasteiger partial charge in [-0.2, -0.15) is 0 Å². The molecule has 5 aromatic rings. The second kappa shape index (κ2) is 10.5. The summed E-state index contributed by atoms with van der Waals surface area (Å²) in [5.41, 5.74) is 6.06. The normalized spacial score (nSPS) is 15.1. The van der Waals surface area contributed by atoms with Crippen molar-refractivity contribution in [3.8, 4) is 28.0 Å². The van der Waals surface area contributed by atoms with Crippen LogP contribution in [0.25, 0.3) is 33.3 Å². The number of pyridine rings is 1. The number of hydrogen-bond donors (Lipinski definition) is 1. The Morgan fingerprint density at radius 2 is 1.48 bits per heavy atom. The zero-order valence-electron chi connectivity index (χ0n) is 22.7. The van der Waals surface area contributed by atoms with Gasteiger partial charge in [0.15, 0.2) is 5.65 Å². The molecule has 0 radical (unpaired) electrons. The third kappa shape index (κ3) is 5.13. The molecule has 3 aromatic carbocycles. The van der Waals surface area contributed by atoms with Crippen LogP contribution in [0.1, 0.15) is 11.1 Å². The number of benzene rings is 3. The van der Waals surface area contributed by atoms with Crippen LogP contribution in [-0.4, -0.2) is 65.5 Å². The highest BCUT2D eigenvalue weighted by Gasteiger charge is 2.23. The molecule has 1 fully saturated rings. The maximum atomic E-state index is 13.7. The van der Waals surface area contributed by atoms with E-state index in [1.54, 1.807) is 60.9 Å². The Hall–Kier alpha value is -3.98. The van der Waals surface area contributed by atoms with Crippen molar-refractivity contribution in [3.05, 3.63) is 102 Å². The molecule has 0 saturated carbocycles. The van der Waals surface area contributed by atoms with Crippen LogP contribution in [0, 0.1) is 6.92 Å². The Bertz CT molecular complexity index is 1750. The molecule has 1 N–H and O–H groups in total. The zero-order valence-corrected chi connectivity index (χ0v) is 23.5. The summed E-state index contributed by atoms with van der Waals surface area (Å²) >= 11 is 0. The Balaban J connectivity index is 1.39. The number of phenols is 1. The van der Waals surface area contributed by atoms with Crippen LogP contribution < -0.4 is 0 Å². The molecule has 204 valence electrons. The minimum atomic E-state index is -3.88. The van der Waals surface area contributed by atoms with Gasteiger partial charge >= 0.3 is 0 Å². The molecule has 0 bridgehead atoms. The number of likely N-dealkylation sites (N-methyl/N-ethyl adjacent to an activating group) is 1. The SMILES string of the molecule is Cc1ccc(S(=O)(=O)n2cc(-c3ccc(O)cc3)c3cc(-c4ccc(CN5CCN(C)CC5)cc4)cnc32)cc1. The number of aryl methyl sites for hydroxylation is 1. The topological polar surface area (TPSA) is 78.7 Å². The number of aromatic nitrogens is 2. The molecule has 0 amide bonds. The molecule has 6 rings (SSSR count). The van der Waals surface area contributed by atoms with Crippen LogP contribution in [0.5, 0.6) is 5.75 Å². The van der Waals surface area contributed by atoms with E-state index in [0.29, 0.717) is 5.65 Å². The lowest BCUT2D eigenvalue weighted by atomic mass is 10.0. The fourth-order valence-electron chi connectivity index (χ4n) is 5.18. The van der Waals surface area contributed by atoms with E-state index in [1.807, 2.05) is 13.0 Å². The van der Waals surface area contributed by atoms with Crippen molar-refractivity contribution in [2.75, 3.05) is 33.2 Å². The van der Waals surface area contributed by atoms with E-state index in [2.05, 4.69) is 46.1 Å². The number of aromatic hydroxyl groups is 1. The smallest absolute Gasteiger partial charge is 0.269 e. The van der Waals surface area contributed by atoms with Gasteiger partial charge in [-0.1, -0.05) is 54.1 Å². The number of rotatable bonds is 6. The second-order valence-electron chi connectivity index (χ2n) is 10.6. The first-order valence-corrected chi connectivity index (χ1v) is 14.8. The van der Waals surface area contributed by atoms with Gasteiger partial charge in [-0.15, -0.1) is 0 Å². The average Bonchev–Trinajstić information content (AvgIpc) is 3.35. The lowest BCUT2D eigenvalue weighted by Gasteiger charge is -2.32. The predicted octanol–water partition coefficient (Wildman–Crippen LogP) is 5.37. The number of phenolic OH excluding ortho intramolecular Hbond substituents is 1. The number of nitrogens with zero attached hydrogens (tertiary/aromatic N) is 4. The minimum absolute atomic E-state index is 0.148. The maximum Gasteiger partial charge on any atom is 0.269 e. The lowest BCUT2D eigenvalue weighted by Crippen LogP contribution is -2.43. The van der Waals surface area contributed by atoms with E-state index in [4.69, 9.17) is 0 Å². The van der Waals surface area contributed by atoms with Crippen LogP contribution in [-0.2, 0) is 16.6 Å². The van der Waals surface area contributed by atoms with E-state index in [0.717, 1.165) is 65.9 Å². The summed E-state index contributed by atoms with van der Waals surface area (Å²) in [6.07, 6.45) is 3.36. The van der Waals surface area contributed by atoms with Gasteiger partial charge in [0.1, 0.15) is 5.75 Å². The van der Waals surface area contributed by atoms with Crippen molar-refractivity contribution < 1.29 is 13.5 Å². The molecule has 0 aliphatic carbocycles. The summed E-state index contributed by atoms with van der Waals surface area (Å²) < 4.78 is 28.7. The lowest BCUT2D eigenvalue weighted by molar-refractivity contribution is 0.148. The Morgan fingerprint density at radius 1 is 0.825 bits per heavy atom. The molecule has 1 saturated heterocycles. The van der Waals surface area contributed by atoms with E-state index in [1.165, 1.54) is 9.54 Å². The molecule has 1 aliphatic rings. The van der Waals surface area contributed by atoms with Gasteiger partial charge in [-0.05, 0) is 61.0 Å².